The number of nitrogens with zero attached hydrogens (tertiary/aromatic N) is 1. The van der Waals surface area contributed by atoms with Crippen molar-refractivity contribution < 1.29 is 9.59 Å². The molecule has 1 unspecified atom stereocenters. The lowest BCUT2D eigenvalue weighted by Gasteiger charge is -2.24. The summed E-state index contributed by atoms with van der Waals surface area (Å²) in [4.78, 5) is 24.9. The molecule has 1 rings (SSSR count). The van der Waals surface area contributed by atoms with Crippen LogP contribution in [0.5, 0.6) is 0 Å². The van der Waals surface area contributed by atoms with Gasteiger partial charge in [-0.15, -0.1) is 0 Å². The van der Waals surface area contributed by atoms with Gasteiger partial charge in [-0.1, -0.05) is 13.3 Å². The average Bonchev–Trinajstić information content (AvgIpc) is 2.43. The molecular formula is C14H27N3O2. The maximum Gasteiger partial charge on any atom is 0.239 e. The van der Waals surface area contributed by atoms with E-state index in [1.165, 1.54) is 17.7 Å². The van der Waals surface area contributed by atoms with Crippen molar-refractivity contribution >= 4 is 11.8 Å². The number of nitrogens with one attached hydrogen (secondary N) is 2. The summed E-state index contributed by atoms with van der Waals surface area (Å²) in [6, 6.07) is 0.472. The second-order valence-electron chi connectivity index (χ2n) is 5.29. The minimum atomic E-state index is -0.0755. The van der Waals surface area contributed by atoms with Crippen LogP contribution in [0.1, 0.15) is 45.4 Å². The van der Waals surface area contributed by atoms with Crippen molar-refractivity contribution in [3.63, 3.8) is 0 Å². The third-order valence-electron chi connectivity index (χ3n) is 3.50. The Balaban J connectivity index is 2.18. The zero-order chi connectivity index (χ0) is 14.1. The van der Waals surface area contributed by atoms with Gasteiger partial charge in [0, 0.05) is 26.1 Å². The lowest BCUT2D eigenvalue weighted by atomic mass is 10.0. The Kier molecular flexibility index (Phi) is 7.48. The van der Waals surface area contributed by atoms with Gasteiger partial charge in [-0.2, -0.15) is 0 Å². The summed E-state index contributed by atoms with van der Waals surface area (Å²) in [6.45, 7) is 3.91. The zero-order valence-electron chi connectivity index (χ0n) is 12.2. The molecule has 0 aromatic heterocycles. The van der Waals surface area contributed by atoms with Crippen LogP contribution in [0.2, 0.25) is 0 Å². The average molecular weight is 269 g/mol. The molecule has 0 spiro atoms. The number of hydrogen-bond acceptors (Lipinski definition) is 3. The summed E-state index contributed by atoms with van der Waals surface area (Å²) in [5, 5.41) is 6.21. The molecule has 1 fully saturated rings. The Labute approximate surface area is 116 Å². The Morgan fingerprint density at radius 3 is 2.79 bits per heavy atom. The van der Waals surface area contributed by atoms with Crippen LogP contribution in [0.25, 0.3) is 0 Å². The van der Waals surface area contributed by atoms with Crippen molar-refractivity contribution in [2.45, 2.75) is 51.5 Å². The highest BCUT2D eigenvalue weighted by Crippen LogP contribution is 2.12. The van der Waals surface area contributed by atoms with Gasteiger partial charge in [0.2, 0.25) is 11.8 Å². The highest BCUT2D eigenvalue weighted by atomic mass is 16.2. The smallest absolute Gasteiger partial charge is 0.239 e. The van der Waals surface area contributed by atoms with E-state index in [4.69, 9.17) is 0 Å². The first-order valence-electron chi connectivity index (χ1n) is 7.37. The van der Waals surface area contributed by atoms with E-state index in [0.717, 1.165) is 25.8 Å². The molecule has 1 saturated heterocycles. The van der Waals surface area contributed by atoms with Crippen molar-refractivity contribution in [1.29, 1.82) is 0 Å². The minimum Gasteiger partial charge on any atom is -0.355 e. The van der Waals surface area contributed by atoms with E-state index in [0.29, 0.717) is 19.0 Å². The maximum absolute atomic E-state index is 11.9. The van der Waals surface area contributed by atoms with Gasteiger partial charge >= 0.3 is 0 Å². The van der Waals surface area contributed by atoms with E-state index >= 15 is 0 Å². The number of likely N-dealkylation sites (N-methyl/N-ethyl adjacent to an activating group) is 1. The summed E-state index contributed by atoms with van der Waals surface area (Å²) < 4.78 is 0. The molecule has 110 valence electrons. The lowest BCUT2D eigenvalue weighted by Crippen LogP contribution is -2.40. The van der Waals surface area contributed by atoms with E-state index in [-0.39, 0.29) is 18.4 Å². The quantitative estimate of drug-likeness (QED) is 0.721. The molecule has 0 aromatic carbocycles. The number of piperidine rings is 1. The number of carbonyl (C=O) groups is 2. The highest BCUT2D eigenvalue weighted by molar-refractivity contribution is 5.84. The summed E-state index contributed by atoms with van der Waals surface area (Å²) in [5.41, 5.74) is 0. The largest absolute Gasteiger partial charge is 0.355 e. The fraction of sp³-hybridized carbons (Fsp3) is 0.857. The first-order valence-corrected chi connectivity index (χ1v) is 7.37. The van der Waals surface area contributed by atoms with Gasteiger partial charge in [0.25, 0.3) is 0 Å². The van der Waals surface area contributed by atoms with Crippen LogP contribution in [0.3, 0.4) is 0 Å². The minimum absolute atomic E-state index is 0.0546. The summed E-state index contributed by atoms with van der Waals surface area (Å²) in [6.07, 6.45) is 5.96. The molecule has 0 radical (unpaired) electrons. The van der Waals surface area contributed by atoms with Crippen molar-refractivity contribution in [1.82, 2.24) is 15.5 Å². The number of hydrogen-bond donors (Lipinski definition) is 2. The van der Waals surface area contributed by atoms with Crippen molar-refractivity contribution in [2.75, 3.05) is 26.7 Å². The molecule has 1 aliphatic heterocycles. The fourth-order valence-corrected chi connectivity index (χ4v) is 2.28. The lowest BCUT2D eigenvalue weighted by molar-refractivity contribution is -0.134. The second kappa shape index (κ2) is 8.91. The summed E-state index contributed by atoms with van der Waals surface area (Å²) >= 11 is 0. The Morgan fingerprint density at radius 2 is 2.16 bits per heavy atom. The van der Waals surface area contributed by atoms with E-state index in [1.807, 2.05) is 6.92 Å². The van der Waals surface area contributed by atoms with Crippen LogP contribution < -0.4 is 10.6 Å². The maximum atomic E-state index is 11.9. The number of carbonyl (C=O) groups excluding carboxylic acids is 2. The van der Waals surface area contributed by atoms with Crippen LogP contribution >= 0.6 is 0 Å². The van der Waals surface area contributed by atoms with Crippen LogP contribution in [-0.2, 0) is 9.59 Å². The Morgan fingerprint density at radius 1 is 1.37 bits per heavy atom. The van der Waals surface area contributed by atoms with Crippen LogP contribution in [0.4, 0.5) is 0 Å². The van der Waals surface area contributed by atoms with E-state index in [2.05, 4.69) is 10.6 Å². The molecule has 0 aromatic rings. The molecule has 19 heavy (non-hydrogen) atoms. The highest BCUT2D eigenvalue weighted by Gasteiger charge is 2.17. The standard InChI is InChI=1S/C14H27N3O2/c1-3-9-16-13(18)11-17(2)14(19)8-7-12-6-4-5-10-15-12/h12,15H,3-11H2,1-2H3,(H,16,18). The molecule has 1 aliphatic rings. The molecule has 2 amide bonds. The molecular weight excluding hydrogens is 242 g/mol. The molecule has 0 saturated carbocycles. The first-order chi connectivity index (χ1) is 9.13. The van der Waals surface area contributed by atoms with Gasteiger partial charge in [0.15, 0.2) is 0 Å². The Hall–Kier alpha value is -1.10. The SMILES string of the molecule is CCCNC(=O)CN(C)C(=O)CCC1CCCCN1. The number of amides is 2. The van der Waals surface area contributed by atoms with Gasteiger partial charge in [-0.05, 0) is 32.2 Å². The van der Waals surface area contributed by atoms with Crippen LogP contribution in [0, 0.1) is 0 Å². The predicted octanol–water partition coefficient (Wildman–Crippen LogP) is 0.893. The van der Waals surface area contributed by atoms with Gasteiger partial charge in [-0.25, -0.2) is 0 Å². The third-order valence-corrected chi connectivity index (χ3v) is 3.50. The van der Waals surface area contributed by atoms with E-state index < -0.39 is 0 Å². The van der Waals surface area contributed by atoms with Gasteiger partial charge in [-0.3, -0.25) is 9.59 Å². The topological polar surface area (TPSA) is 61.4 Å². The third kappa shape index (κ3) is 6.57. The van der Waals surface area contributed by atoms with Crippen LogP contribution in [0.15, 0.2) is 0 Å². The van der Waals surface area contributed by atoms with Gasteiger partial charge in [0.1, 0.15) is 0 Å². The number of rotatable bonds is 7. The van der Waals surface area contributed by atoms with Crippen LogP contribution in [-0.4, -0.2) is 49.4 Å². The fourth-order valence-electron chi connectivity index (χ4n) is 2.28. The molecule has 0 aliphatic carbocycles. The molecule has 1 heterocycles. The van der Waals surface area contributed by atoms with Crippen molar-refractivity contribution in [3.05, 3.63) is 0 Å². The molecule has 1 atom stereocenters. The monoisotopic (exact) mass is 269 g/mol. The zero-order valence-corrected chi connectivity index (χ0v) is 12.2. The molecule has 5 heteroatoms. The molecule has 2 N–H and O–H groups in total. The van der Waals surface area contributed by atoms with E-state index in [9.17, 15) is 9.59 Å². The van der Waals surface area contributed by atoms with E-state index in [1.54, 1.807) is 7.05 Å². The van der Waals surface area contributed by atoms with Crippen molar-refractivity contribution in [3.8, 4) is 0 Å². The summed E-state index contributed by atoms with van der Waals surface area (Å²) in [5.74, 6) is -0.0208. The van der Waals surface area contributed by atoms with Gasteiger partial charge in [0.05, 0.1) is 6.54 Å². The predicted molar refractivity (Wildman–Crippen MR) is 75.8 cm³/mol. The second-order valence-corrected chi connectivity index (χ2v) is 5.29. The molecule has 0 bridgehead atoms. The summed E-state index contributed by atoms with van der Waals surface area (Å²) in [7, 11) is 1.70. The Bertz CT molecular complexity index is 288. The molecule has 5 nitrogen and oxygen atoms in total. The first kappa shape index (κ1) is 16.0. The van der Waals surface area contributed by atoms with Crippen molar-refractivity contribution in [2.24, 2.45) is 0 Å². The normalized spacial score (nSPS) is 18.9. The van der Waals surface area contributed by atoms with Gasteiger partial charge < -0.3 is 15.5 Å².